The zero-order valence-corrected chi connectivity index (χ0v) is 4.44. The Labute approximate surface area is 43.5 Å². The van der Waals surface area contributed by atoms with Gasteiger partial charge in [-0.3, -0.25) is 0 Å². The molecule has 0 rings (SSSR count). The van der Waals surface area contributed by atoms with Crippen LogP contribution in [0.25, 0.3) is 0 Å². The molecule has 0 aromatic heterocycles. The fourth-order valence-corrected chi connectivity index (χ4v) is 0.142. The molecule has 0 bridgehead atoms. The maximum Gasteiger partial charge on any atom is 0.0495 e. The van der Waals surface area contributed by atoms with Crippen LogP contribution < -0.4 is 11.5 Å². The van der Waals surface area contributed by atoms with E-state index in [1.54, 1.807) is 6.92 Å². The molecule has 0 aliphatic heterocycles. The van der Waals surface area contributed by atoms with Gasteiger partial charge in [-0.2, -0.15) is 0 Å². The molecular weight excluding hydrogens is 88.1 g/mol. The van der Waals surface area contributed by atoms with Crippen molar-refractivity contribution < 1.29 is 0 Å². The number of hydrogen-bond acceptors (Lipinski definition) is 2. The highest BCUT2D eigenvalue weighted by Gasteiger charge is 1.82. The Hall–Kier alpha value is -0.920. The highest BCUT2D eigenvalue weighted by atomic mass is 14.6. The van der Waals surface area contributed by atoms with Gasteiger partial charge in [0.15, 0.2) is 0 Å². The standard InChI is InChI=1S/C5H10N2/c1-4(2)5(7)3-6/h3H,1,6-7H2,2H3/b5-3+. The summed E-state index contributed by atoms with van der Waals surface area (Å²) in [6, 6.07) is 0. The molecule has 0 aromatic rings. The molecule has 0 unspecified atom stereocenters. The van der Waals surface area contributed by atoms with E-state index < -0.39 is 0 Å². The monoisotopic (exact) mass is 98.1 g/mol. The van der Waals surface area contributed by atoms with Crippen molar-refractivity contribution in [3.8, 4) is 0 Å². The molecule has 0 fully saturated rings. The Bertz CT molecular complexity index is 103. The Kier molecular flexibility index (Phi) is 1.99. The minimum absolute atomic E-state index is 0.556. The van der Waals surface area contributed by atoms with Crippen LogP contribution in [0.4, 0.5) is 0 Å². The maximum atomic E-state index is 5.25. The molecule has 0 saturated carbocycles. The molecule has 0 aromatic carbocycles. The predicted molar refractivity (Wildman–Crippen MR) is 31.3 cm³/mol. The number of rotatable bonds is 1. The van der Waals surface area contributed by atoms with Gasteiger partial charge in [-0.15, -0.1) is 0 Å². The van der Waals surface area contributed by atoms with Crippen LogP contribution in [0.3, 0.4) is 0 Å². The van der Waals surface area contributed by atoms with Crippen LogP contribution in [0, 0.1) is 0 Å². The van der Waals surface area contributed by atoms with Crippen molar-refractivity contribution in [2.24, 2.45) is 11.5 Å². The fraction of sp³-hybridized carbons (Fsp3) is 0.200. The SMILES string of the molecule is C=C(C)/C(N)=C\N. The van der Waals surface area contributed by atoms with Crippen LogP contribution in [0.5, 0.6) is 0 Å². The van der Waals surface area contributed by atoms with Gasteiger partial charge in [0.2, 0.25) is 0 Å². The second-order valence-corrected chi connectivity index (χ2v) is 1.40. The van der Waals surface area contributed by atoms with Crippen molar-refractivity contribution in [1.29, 1.82) is 0 Å². The van der Waals surface area contributed by atoms with Gasteiger partial charge in [0.1, 0.15) is 0 Å². The van der Waals surface area contributed by atoms with Crippen LogP contribution in [0.1, 0.15) is 6.92 Å². The third-order valence-corrected chi connectivity index (χ3v) is 0.672. The second kappa shape index (κ2) is 2.29. The number of allylic oxidation sites excluding steroid dienone is 1. The van der Waals surface area contributed by atoms with Gasteiger partial charge < -0.3 is 11.5 Å². The molecule has 0 atom stereocenters. The molecule has 0 aliphatic rings. The summed E-state index contributed by atoms with van der Waals surface area (Å²) in [5, 5.41) is 0. The second-order valence-electron chi connectivity index (χ2n) is 1.40. The van der Waals surface area contributed by atoms with E-state index in [4.69, 9.17) is 11.5 Å². The zero-order valence-electron chi connectivity index (χ0n) is 4.44. The average Bonchev–Trinajstić information content (AvgIpc) is 1.65. The van der Waals surface area contributed by atoms with E-state index in [0.717, 1.165) is 5.57 Å². The summed E-state index contributed by atoms with van der Waals surface area (Å²) in [4.78, 5) is 0. The summed E-state index contributed by atoms with van der Waals surface area (Å²) >= 11 is 0. The molecule has 7 heavy (non-hydrogen) atoms. The van der Waals surface area contributed by atoms with E-state index >= 15 is 0 Å². The lowest BCUT2D eigenvalue weighted by Gasteiger charge is -1.92. The lowest BCUT2D eigenvalue weighted by atomic mass is 10.3. The Morgan fingerprint density at radius 3 is 2.14 bits per heavy atom. The Morgan fingerprint density at radius 1 is 1.71 bits per heavy atom. The summed E-state index contributed by atoms with van der Waals surface area (Å²) < 4.78 is 0. The van der Waals surface area contributed by atoms with Crippen LogP contribution in [0.15, 0.2) is 24.0 Å². The topological polar surface area (TPSA) is 52.0 Å². The first-order valence-corrected chi connectivity index (χ1v) is 2.01. The molecule has 0 spiro atoms. The summed E-state index contributed by atoms with van der Waals surface area (Å²) in [7, 11) is 0. The summed E-state index contributed by atoms with van der Waals surface area (Å²) in [5.41, 5.74) is 11.6. The van der Waals surface area contributed by atoms with Crippen LogP contribution >= 0.6 is 0 Å². The molecule has 0 aliphatic carbocycles. The van der Waals surface area contributed by atoms with Crippen molar-refractivity contribution >= 4 is 0 Å². The van der Waals surface area contributed by atoms with Gasteiger partial charge in [0, 0.05) is 11.9 Å². The molecule has 2 nitrogen and oxygen atoms in total. The highest BCUT2D eigenvalue weighted by molar-refractivity contribution is 5.20. The third kappa shape index (κ3) is 1.87. The average molecular weight is 98.1 g/mol. The first kappa shape index (κ1) is 6.08. The van der Waals surface area contributed by atoms with Crippen molar-refractivity contribution in [2.45, 2.75) is 6.92 Å². The van der Waals surface area contributed by atoms with Crippen molar-refractivity contribution in [3.05, 3.63) is 24.0 Å². The van der Waals surface area contributed by atoms with Crippen LogP contribution in [-0.4, -0.2) is 0 Å². The number of nitrogens with two attached hydrogens (primary N) is 2. The fourth-order valence-electron chi connectivity index (χ4n) is 0.142. The highest BCUT2D eigenvalue weighted by Crippen LogP contribution is 1.93. The van der Waals surface area contributed by atoms with E-state index in [0.29, 0.717) is 5.70 Å². The molecule has 4 N–H and O–H groups in total. The lowest BCUT2D eigenvalue weighted by molar-refractivity contribution is 1.27. The third-order valence-electron chi connectivity index (χ3n) is 0.672. The minimum atomic E-state index is 0.556. The summed E-state index contributed by atoms with van der Waals surface area (Å²) in [6.07, 6.45) is 1.34. The van der Waals surface area contributed by atoms with Crippen LogP contribution in [0.2, 0.25) is 0 Å². The molecule has 0 radical (unpaired) electrons. The van der Waals surface area contributed by atoms with Crippen molar-refractivity contribution in [1.82, 2.24) is 0 Å². The van der Waals surface area contributed by atoms with Crippen molar-refractivity contribution in [3.63, 3.8) is 0 Å². The number of hydrogen-bond donors (Lipinski definition) is 2. The largest absolute Gasteiger partial charge is 0.403 e. The molecular formula is C5H10N2. The summed E-state index contributed by atoms with van der Waals surface area (Å²) in [5.74, 6) is 0. The van der Waals surface area contributed by atoms with Gasteiger partial charge in [0.05, 0.1) is 0 Å². The molecule has 2 heteroatoms. The molecule has 0 amide bonds. The van der Waals surface area contributed by atoms with Gasteiger partial charge in [-0.1, -0.05) is 6.58 Å². The van der Waals surface area contributed by atoms with E-state index in [-0.39, 0.29) is 0 Å². The van der Waals surface area contributed by atoms with Gasteiger partial charge in [-0.05, 0) is 12.5 Å². The maximum absolute atomic E-state index is 5.25. The Morgan fingerprint density at radius 2 is 2.14 bits per heavy atom. The lowest BCUT2D eigenvalue weighted by Crippen LogP contribution is -2.00. The van der Waals surface area contributed by atoms with E-state index in [1.165, 1.54) is 6.20 Å². The smallest absolute Gasteiger partial charge is 0.0495 e. The summed E-state index contributed by atoms with van der Waals surface area (Å²) in [6.45, 7) is 5.36. The van der Waals surface area contributed by atoms with E-state index in [9.17, 15) is 0 Å². The van der Waals surface area contributed by atoms with Crippen LogP contribution in [-0.2, 0) is 0 Å². The van der Waals surface area contributed by atoms with Gasteiger partial charge >= 0.3 is 0 Å². The Balaban J connectivity index is 3.82. The minimum Gasteiger partial charge on any atom is -0.403 e. The van der Waals surface area contributed by atoms with Gasteiger partial charge in [0.25, 0.3) is 0 Å². The van der Waals surface area contributed by atoms with Crippen molar-refractivity contribution in [2.75, 3.05) is 0 Å². The normalized spacial score (nSPS) is 11.3. The first-order chi connectivity index (χ1) is 3.18. The van der Waals surface area contributed by atoms with E-state index in [2.05, 4.69) is 6.58 Å². The quantitative estimate of drug-likeness (QED) is 0.464. The molecule has 0 heterocycles. The molecule has 40 valence electrons. The first-order valence-electron chi connectivity index (χ1n) is 2.01. The van der Waals surface area contributed by atoms with E-state index in [1.807, 2.05) is 0 Å². The molecule has 0 saturated heterocycles. The predicted octanol–water partition coefficient (Wildman–Crippen LogP) is 0.321. The zero-order chi connectivity index (χ0) is 5.86. The van der Waals surface area contributed by atoms with Gasteiger partial charge in [-0.25, -0.2) is 0 Å².